The Labute approximate surface area is 109 Å². The Bertz CT molecular complexity index is 389. The van der Waals surface area contributed by atoms with Gasteiger partial charge in [-0.15, -0.1) is 11.3 Å². The molecule has 1 nitrogen and oxygen atoms in total. The summed E-state index contributed by atoms with van der Waals surface area (Å²) in [5.41, 5.74) is 0.205. The zero-order chi connectivity index (χ0) is 11.2. The third-order valence-electron chi connectivity index (χ3n) is 4.62. The lowest BCUT2D eigenvalue weighted by Crippen LogP contribution is -2.33. The number of halogens is 1. The Morgan fingerprint density at radius 3 is 2.88 bits per heavy atom. The highest BCUT2D eigenvalue weighted by atomic mass is 79.9. The second kappa shape index (κ2) is 4.11. The molecule has 0 spiro atoms. The second-order valence-corrected chi connectivity index (χ2v) is 7.32. The van der Waals surface area contributed by atoms with E-state index >= 15 is 0 Å². The number of aliphatic hydroxyl groups is 1. The fraction of sp³-hybridized carbons (Fsp3) is 0.692. The molecule has 2 fully saturated rings. The smallest absolute Gasteiger partial charge is 0.0493 e. The van der Waals surface area contributed by atoms with Crippen molar-refractivity contribution in [3.05, 3.63) is 20.8 Å². The van der Waals surface area contributed by atoms with Gasteiger partial charge in [-0.1, -0.05) is 6.42 Å². The van der Waals surface area contributed by atoms with E-state index < -0.39 is 0 Å². The Morgan fingerprint density at radius 1 is 1.50 bits per heavy atom. The molecule has 3 heteroatoms. The van der Waals surface area contributed by atoms with Gasteiger partial charge in [0, 0.05) is 21.4 Å². The average molecular weight is 301 g/mol. The predicted molar refractivity (Wildman–Crippen MR) is 70.7 cm³/mol. The number of thiophene rings is 1. The summed E-state index contributed by atoms with van der Waals surface area (Å²) in [6, 6.07) is 2.12. The van der Waals surface area contributed by atoms with E-state index in [1.165, 1.54) is 35.0 Å². The molecule has 1 N–H and O–H groups in total. The molecule has 2 bridgehead atoms. The summed E-state index contributed by atoms with van der Waals surface area (Å²) in [6.45, 7) is 0.374. The number of aliphatic hydroxyl groups excluding tert-OH is 1. The van der Waals surface area contributed by atoms with E-state index in [1.807, 2.05) is 11.3 Å². The van der Waals surface area contributed by atoms with Gasteiger partial charge in [0.05, 0.1) is 0 Å². The van der Waals surface area contributed by atoms with Gasteiger partial charge in [0.25, 0.3) is 0 Å². The molecule has 0 saturated heterocycles. The molecule has 3 atom stereocenters. The Balaban J connectivity index is 1.84. The first-order chi connectivity index (χ1) is 7.73. The van der Waals surface area contributed by atoms with Crippen LogP contribution >= 0.6 is 27.3 Å². The van der Waals surface area contributed by atoms with Crippen LogP contribution in [0.1, 0.15) is 30.6 Å². The maximum absolute atomic E-state index is 9.82. The largest absolute Gasteiger partial charge is 0.396 e. The molecular formula is C13H17BrOS. The minimum atomic E-state index is 0.205. The maximum atomic E-state index is 9.82. The van der Waals surface area contributed by atoms with Crippen molar-refractivity contribution in [2.45, 2.75) is 32.1 Å². The highest BCUT2D eigenvalue weighted by molar-refractivity contribution is 9.10. The number of hydrogen-bond acceptors (Lipinski definition) is 2. The predicted octanol–water partition coefficient (Wildman–Crippen LogP) is 3.85. The molecule has 0 amide bonds. The van der Waals surface area contributed by atoms with Crippen molar-refractivity contribution >= 4 is 27.3 Å². The Morgan fingerprint density at radius 2 is 2.38 bits per heavy atom. The van der Waals surface area contributed by atoms with Crippen LogP contribution in [0.3, 0.4) is 0 Å². The monoisotopic (exact) mass is 300 g/mol. The number of hydrogen-bond donors (Lipinski definition) is 1. The molecule has 16 heavy (non-hydrogen) atoms. The average Bonchev–Trinajstić information content (AvgIpc) is 2.96. The molecule has 2 aliphatic carbocycles. The van der Waals surface area contributed by atoms with Gasteiger partial charge in [-0.05, 0) is 64.9 Å². The Kier molecular flexibility index (Phi) is 2.89. The fourth-order valence-electron chi connectivity index (χ4n) is 3.80. The van der Waals surface area contributed by atoms with Crippen LogP contribution in [0.4, 0.5) is 0 Å². The molecule has 1 heterocycles. The van der Waals surface area contributed by atoms with Crippen molar-refractivity contribution in [1.82, 2.24) is 0 Å². The van der Waals surface area contributed by atoms with Crippen molar-refractivity contribution < 1.29 is 5.11 Å². The van der Waals surface area contributed by atoms with Crippen molar-refractivity contribution in [3.8, 4) is 0 Å². The van der Waals surface area contributed by atoms with Gasteiger partial charge >= 0.3 is 0 Å². The van der Waals surface area contributed by atoms with Gasteiger partial charge in [-0.25, -0.2) is 0 Å². The van der Waals surface area contributed by atoms with E-state index in [9.17, 15) is 5.11 Å². The molecule has 0 radical (unpaired) electrons. The summed E-state index contributed by atoms with van der Waals surface area (Å²) in [5.74, 6) is 1.67. The summed E-state index contributed by atoms with van der Waals surface area (Å²) in [7, 11) is 0. The van der Waals surface area contributed by atoms with Gasteiger partial charge in [-0.3, -0.25) is 0 Å². The first-order valence-corrected chi connectivity index (χ1v) is 7.73. The Hall–Kier alpha value is 0.140. The highest BCUT2D eigenvalue weighted by Gasteiger charge is 2.50. The maximum Gasteiger partial charge on any atom is 0.0493 e. The first kappa shape index (κ1) is 11.2. The molecule has 3 rings (SSSR count). The highest BCUT2D eigenvalue weighted by Crippen LogP contribution is 2.57. The zero-order valence-electron chi connectivity index (χ0n) is 9.29. The summed E-state index contributed by atoms with van der Waals surface area (Å²) >= 11 is 5.43. The van der Waals surface area contributed by atoms with E-state index in [2.05, 4.69) is 27.4 Å². The minimum absolute atomic E-state index is 0.205. The van der Waals surface area contributed by atoms with Gasteiger partial charge in [-0.2, -0.15) is 0 Å². The molecule has 3 unspecified atom stereocenters. The normalized spacial score (nSPS) is 37.1. The topological polar surface area (TPSA) is 20.2 Å². The number of fused-ring (bicyclic) bond motifs is 2. The van der Waals surface area contributed by atoms with E-state index in [0.29, 0.717) is 6.61 Å². The lowest BCUT2D eigenvalue weighted by atomic mass is 9.71. The van der Waals surface area contributed by atoms with Crippen LogP contribution < -0.4 is 0 Å². The van der Waals surface area contributed by atoms with Crippen LogP contribution in [0.5, 0.6) is 0 Å². The lowest BCUT2D eigenvalue weighted by molar-refractivity contribution is 0.0658. The van der Waals surface area contributed by atoms with E-state index in [4.69, 9.17) is 0 Å². The molecule has 0 aromatic carbocycles. The third kappa shape index (κ3) is 1.68. The fourth-order valence-corrected chi connectivity index (χ4v) is 5.44. The molecular weight excluding hydrogens is 284 g/mol. The van der Waals surface area contributed by atoms with Crippen LogP contribution in [-0.2, 0) is 6.42 Å². The van der Waals surface area contributed by atoms with Gasteiger partial charge < -0.3 is 5.11 Å². The second-order valence-electron chi connectivity index (χ2n) is 5.47. The molecule has 2 saturated carbocycles. The van der Waals surface area contributed by atoms with Crippen LogP contribution in [0.2, 0.25) is 0 Å². The van der Waals surface area contributed by atoms with Crippen molar-refractivity contribution in [2.75, 3.05) is 6.61 Å². The first-order valence-electron chi connectivity index (χ1n) is 6.06. The van der Waals surface area contributed by atoms with Crippen molar-refractivity contribution in [2.24, 2.45) is 17.3 Å². The standard InChI is InChI=1S/C13H17BrOS/c14-11-3-4-16-12(11)7-13(8-15)6-9-1-2-10(13)5-9/h3-4,9-10,15H,1-2,5-8H2. The van der Waals surface area contributed by atoms with Crippen LogP contribution in [-0.4, -0.2) is 11.7 Å². The van der Waals surface area contributed by atoms with Gasteiger partial charge in [0.1, 0.15) is 0 Å². The van der Waals surface area contributed by atoms with Crippen LogP contribution in [0, 0.1) is 17.3 Å². The SMILES string of the molecule is OCC1(Cc2sccc2Br)CC2CCC1C2. The zero-order valence-corrected chi connectivity index (χ0v) is 11.7. The summed E-state index contributed by atoms with van der Waals surface area (Å²) in [5, 5.41) is 12.0. The summed E-state index contributed by atoms with van der Waals surface area (Å²) in [4.78, 5) is 1.42. The number of rotatable bonds is 3. The van der Waals surface area contributed by atoms with Gasteiger partial charge in [0.15, 0.2) is 0 Å². The summed E-state index contributed by atoms with van der Waals surface area (Å²) < 4.78 is 1.23. The molecule has 0 aliphatic heterocycles. The molecule has 2 aliphatic rings. The quantitative estimate of drug-likeness (QED) is 0.899. The van der Waals surface area contributed by atoms with E-state index in [-0.39, 0.29) is 5.41 Å². The van der Waals surface area contributed by atoms with E-state index in [1.54, 1.807) is 0 Å². The third-order valence-corrected chi connectivity index (χ3v) is 6.55. The van der Waals surface area contributed by atoms with Crippen molar-refractivity contribution in [1.29, 1.82) is 0 Å². The summed E-state index contributed by atoms with van der Waals surface area (Å²) in [6.07, 6.45) is 6.43. The van der Waals surface area contributed by atoms with Crippen LogP contribution in [0.15, 0.2) is 15.9 Å². The lowest BCUT2D eigenvalue weighted by Gasteiger charge is -2.36. The van der Waals surface area contributed by atoms with Gasteiger partial charge in [0.2, 0.25) is 0 Å². The molecule has 1 aromatic rings. The minimum Gasteiger partial charge on any atom is -0.396 e. The molecule has 88 valence electrons. The van der Waals surface area contributed by atoms with Crippen LogP contribution in [0.25, 0.3) is 0 Å². The van der Waals surface area contributed by atoms with Crippen molar-refractivity contribution in [3.63, 3.8) is 0 Å². The van der Waals surface area contributed by atoms with E-state index in [0.717, 1.165) is 18.3 Å². The molecule has 1 aromatic heterocycles.